The molecule has 0 radical (unpaired) electrons. The fourth-order valence-electron chi connectivity index (χ4n) is 1.96. The molecule has 1 N–H and O–H groups in total. The second-order valence-electron chi connectivity index (χ2n) is 4.68. The van der Waals surface area contributed by atoms with E-state index < -0.39 is 0 Å². The molecule has 3 rings (SSSR count). The summed E-state index contributed by atoms with van der Waals surface area (Å²) in [4.78, 5) is 0. The number of rotatable bonds is 4. The van der Waals surface area contributed by atoms with Crippen LogP contribution in [0.1, 0.15) is 0 Å². The number of hydrogen-bond donors (Lipinski definition) is 1. The number of nitrogens with one attached hydrogen (secondary N) is 1. The Hall–Kier alpha value is -4.35. The van der Waals surface area contributed by atoms with E-state index in [-0.39, 0.29) is 17.2 Å². The van der Waals surface area contributed by atoms with Crippen molar-refractivity contribution >= 4 is 5.69 Å². The highest BCUT2D eigenvalue weighted by atomic mass is 16.4. The molecule has 2 heterocycles. The van der Waals surface area contributed by atoms with Crippen molar-refractivity contribution in [3.63, 3.8) is 0 Å². The second kappa shape index (κ2) is 6.82. The number of aromatic nitrogens is 2. The number of anilines is 1. The molecule has 0 aliphatic carbocycles. The van der Waals surface area contributed by atoms with E-state index in [2.05, 4.69) is 15.5 Å². The molecule has 3 aromatic rings. The highest BCUT2D eigenvalue weighted by Crippen LogP contribution is 2.25. The molecular weight excluding hydrogens is 320 g/mol. The van der Waals surface area contributed by atoms with E-state index in [0.717, 1.165) is 0 Å². The Morgan fingerprint density at radius 2 is 1.64 bits per heavy atom. The molecule has 0 fully saturated rings. The van der Waals surface area contributed by atoms with E-state index in [4.69, 9.17) is 24.6 Å². The summed E-state index contributed by atoms with van der Waals surface area (Å²) in [5, 5.41) is 37.3. The van der Waals surface area contributed by atoms with Gasteiger partial charge in [0.25, 0.3) is 5.89 Å². The van der Waals surface area contributed by atoms with Crippen LogP contribution >= 0.6 is 0 Å². The molecule has 0 bridgehead atoms. The quantitative estimate of drug-likeness (QED) is 0.721. The molecular formula is C17H8N6O2. The van der Waals surface area contributed by atoms with Crippen LogP contribution in [0.5, 0.6) is 0 Å². The standard InChI is InChI=1S/C17H8N6O2/c18-8-12(9-19)14(10-20)21-13-5-3-11(4-6-13)16-22-23-17(25-16)15-2-1-7-24-15/h1-7,21H. The highest BCUT2D eigenvalue weighted by molar-refractivity contribution is 5.63. The summed E-state index contributed by atoms with van der Waals surface area (Å²) >= 11 is 0. The van der Waals surface area contributed by atoms with Crippen LogP contribution in [-0.2, 0) is 0 Å². The van der Waals surface area contributed by atoms with E-state index in [1.165, 1.54) is 6.26 Å². The SMILES string of the molecule is N#CC(C#N)=C(C#N)Nc1ccc(-c2nnc(-c3ccco3)o2)cc1. The van der Waals surface area contributed by atoms with Crippen molar-refractivity contribution in [2.45, 2.75) is 0 Å². The maximum absolute atomic E-state index is 9.03. The zero-order valence-corrected chi connectivity index (χ0v) is 12.6. The second-order valence-corrected chi connectivity index (χ2v) is 4.68. The first-order chi connectivity index (χ1) is 12.2. The van der Waals surface area contributed by atoms with Gasteiger partial charge in [-0.2, -0.15) is 15.8 Å². The van der Waals surface area contributed by atoms with Crippen LogP contribution in [0.25, 0.3) is 23.1 Å². The summed E-state index contributed by atoms with van der Waals surface area (Å²) in [6.07, 6.45) is 1.51. The van der Waals surface area contributed by atoms with Crippen LogP contribution in [0.3, 0.4) is 0 Å². The minimum absolute atomic E-state index is 0.115. The van der Waals surface area contributed by atoms with E-state index in [1.807, 2.05) is 0 Å². The lowest BCUT2D eigenvalue weighted by atomic mass is 10.2. The largest absolute Gasteiger partial charge is 0.459 e. The van der Waals surface area contributed by atoms with Gasteiger partial charge in [0.2, 0.25) is 5.89 Å². The third-order valence-corrected chi connectivity index (χ3v) is 3.14. The van der Waals surface area contributed by atoms with E-state index >= 15 is 0 Å². The predicted octanol–water partition coefficient (Wildman–Crippen LogP) is 3.23. The van der Waals surface area contributed by atoms with Gasteiger partial charge in [-0.1, -0.05) is 0 Å². The first kappa shape index (κ1) is 15.5. The molecule has 8 heteroatoms. The topological polar surface area (TPSA) is 135 Å². The summed E-state index contributed by atoms with van der Waals surface area (Å²) in [6, 6.07) is 15.3. The Kier molecular flexibility index (Phi) is 4.24. The van der Waals surface area contributed by atoms with Gasteiger partial charge in [-0.05, 0) is 36.4 Å². The highest BCUT2D eigenvalue weighted by Gasteiger charge is 2.12. The summed E-state index contributed by atoms with van der Waals surface area (Å²) in [5.74, 6) is 1.05. The lowest BCUT2D eigenvalue weighted by Crippen LogP contribution is -2.00. The minimum Gasteiger partial charge on any atom is -0.459 e. The summed E-state index contributed by atoms with van der Waals surface area (Å²) < 4.78 is 10.7. The first-order valence-corrected chi connectivity index (χ1v) is 6.94. The Labute approximate surface area is 141 Å². The fourth-order valence-corrected chi connectivity index (χ4v) is 1.96. The number of hydrogen-bond acceptors (Lipinski definition) is 8. The Morgan fingerprint density at radius 1 is 0.920 bits per heavy atom. The number of furan rings is 1. The van der Waals surface area contributed by atoms with Crippen LogP contribution in [0.4, 0.5) is 5.69 Å². The maximum Gasteiger partial charge on any atom is 0.283 e. The van der Waals surface area contributed by atoms with Crippen LogP contribution in [0, 0.1) is 34.0 Å². The van der Waals surface area contributed by atoms with E-state index in [0.29, 0.717) is 22.9 Å². The van der Waals surface area contributed by atoms with Crippen LogP contribution in [-0.4, -0.2) is 10.2 Å². The zero-order valence-electron chi connectivity index (χ0n) is 12.6. The van der Waals surface area contributed by atoms with Gasteiger partial charge >= 0.3 is 0 Å². The van der Waals surface area contributed by atoms with Crippen molar-refractivity contribution in [2.75, 3.05) is 5.32 Å². The lowest BCUT2D eigenvalue weighted by Gasteiger charge is -2.04. The van der Waals surface area contributed by atoms with Gasteiger partial charge in [-0.3, -0.25) is 0 Å². The van der Waals surface area contributed by atoms with Crippen LogP contribution < -0.4 is 5.32 Å². The van der Waals surface area contributed by atoms with E-state index in [1.54, 1.807) is 54.6 Å². The molecule has 1 aromatic carbocycles. The van der Waals surface area contributed by atoms with Gasteiger partial charge in [0, 0.05) is 11.3 Å². The average molecular weight is 328 g/mol. The predicted molar refractivity (Wildman–Crippen MR) is 84.9 cm³/mol. The van der Waals surface area contributed by atoms with Gasteiger partial charge < -0.3 is 14.2 Å². The van der Waals surface area contributed by atoms with Gasteiger partial charge in [-0.25, -0.2) is 0 Å². The Morgan fingerprint density at radius 3 is 2.24 bits per heavy atom. The molecule has 8 nitrogen and oxygen atoms in total. The van der Waals surface area contributed by atoms with Crippen molar-refractivity contribution in [2.24, 2.45) is 0 Å². The third-order valence-electron chi connectivity index (χ3n) is 3.14. The van der Waals surface area contributed by atoms with Crippen molar-refractivity contribution in [3.05, 3.63) is 53.9 Å². The van der Waals surface area contributed by atoms with Gasteiger partial charge in [0.15, 0.2) is 11.3 Å². The van der Waals surface area contributed by atoms with Crippen molar-refractivity contribution in [1.82, 2.24) is 10.2 Å². The molecule has 25 heavy (non-hydrogen) atoms. The molecule has 0 atom stereocenters. The number of nitrogens with zero attached hydrogens (tertiary/aromatic N) is 5. The smallest absolute Gasteiger partial charge is 0.283 e. The minimum atomic E-state index is -0.286. The monoisotopic (exact) mass is 328 g/mol. The van der Waals surface area contributed by atoms with Gasteiger partial charge in [0.05, 0.1) is 6.26 Å². The molecule has 0 amide bonds. The molecule has 0 saturated carbocycles. The van der Waals surface area contributed by atoms with Gasteiger partial charge in [-0.15, -0.1) is 10.2 Å². The molecule has 0 aliphatic rings. The summed E-state index contributed by atoms with van der Waals surface area (Å²) in [7, 11) is 0. The van der Waals surface area contributed by atoms with Crippen molar-refractivity contribution in [1.29, 1.82) is 15.8 Å². The Bertz CT molecular complexity index is 1020. The number of nitriles is 3. The molecule has 0 aliphatic heterocycles. The molecule has 118 valence electrons. The summed E-state index contributed by atoms with van der Waals surface area (Å²) in [6.45, 7) is 0. The molecule has 0 unspecified atom stereocenters. The number of benzene rings is 1. The van der Waals surface area contributed by atoms with Crippen LogP contribution in [0.15, 0.2) is 62.8 Å². The Balaban J connectivity index is 1.82. The van der Waals surface area contributed by atoms with Crippen molar-refractivity contribution < 1.29 is 8.83 Å². The molecule has 0 spiro atoms. The normalized spacial score (nSPS) is 9.48. The van der Waals surface area contributed by atoms with E-state index in [9.17, 15) is 0 Å². The summed E-state index contributed by atoms with van der Waals surface area (Å²) in [5.41, 5.74) is 0.801. The van der Waals surface area contributed by atoms with Crippen molar-refractivity contribution in [3.8, 4) is 41.3 Å². The van der Waals surface area contributed by atoms with Gasteiger partial charge in [0.1, 0.15) is 23.9 Å². The van der Waals surface area contributed by atoms with Crippen LogP contribution in [0.2, 0.25) is 0 Å². The maximum atomic E-state index is 9.03. The fraction of sp³-hybridized carbons (Fsp3) is 0. The zero-order chi connectivity index (χ0) is 17.6. The number of allylic oxidation sites excluding steroid dienone is 2. The molecule has 0 saturated heterocycles. The third kappa shape index (κ3) is 3.21. The average Bonchev–Trinajstić information content (AvgIpc) is 3.33. The lowest BCUT2D eigenvalue weighted by molar-refractivity contribution is 0.523. The molecule has 2 aromatic heterocycles. The first-order valence-electron chi connectivity index (χ1n) is 6.94.